The Labute approximate surface area is 166 Å². The highest BCUT2D eigenvalue weighted by atomic mass is 19.1. The Balaban J connectivity index is 1.63. The number of anilines is 2. The first kappa shape index (κ1) is 19.9. The van der Waals surface area contributed by atoms with Crippen LogP contribution in [-0.2, 0) is 6.54 Å². The number of nitrogens with one attached hydrogen (secondary N) is 1. The smallest absolute Gasteiger partial charge is 0.194 e. The molecule has 2 heterocycles. The third-order valence-corrected chi connectivity index (χ3v) is 4.79. The lowest BCUT2D eigenvalue weighted by Crippen LogP contribution is -2.52. The van der Waals surface area contributed by atoms with Gasteiger partial charge in [-0.1, -0.05) is 0 Å². The molecule has 1 aromatic carbocycles. The standard InChI is InChI=1S/C21H29FN6/c1-4-23-21(25-16-17-9-10-24-20(15-17)26(2)3)28-13-11-27(12-14-28)19-7-5-18(22)6-8-19/h5-10,15H,4,11-14,16H2,1-3H3,(H,23,25). The Hall–Kier alpha value is -2.83. The first-order valence-corrected chi connectivity index (χ1v) is 9.73. The summed E-state index contributed by atoms with van der Waals surface area (Å²) < 4.78 is 13.1. The maximum atomic E-state index is 13.1. The summed E-state index contributed by atoms with van der Waals surface area (Å²) in [6, 6.07) is 10.8. The molecule has 7 heteroatoms. The number of pyridine rings is 1. The molecule has 1 aliphatic heterocycles. The largest absolute Gasteiger partial charge is 0.368 e. The van der Waals surface area contributed by atoms with Crippen LogP contribution < -0.4 is 15.1 Å². The molecular formula is C21H29FN6. The van der Waals surface area contributed by atoms with Gasteiger partial charge >= 0.3 is 0 Å². The molecule has 1 fully saturated rings. The van der Waals surface area contributed by atoms with Gasteiger partial charge in [-0.15, -0.1) is 0 Å². The highest BCUT2D eigenvalue weighted by Gasteiger charge is 2.19. The van der Waals surface area contributed by atoms with Crippen LogP contribution in [0.5, 0.6) is 0 Å². The van der Waals surface area contributed by atoms with Crippen molar-refractivity contribution in [1.29, 1.82) is 0 Å². The van der Waals surface area contributed by atoms with E-state index >= 15 is 0 Å². The van der Waals surface area contributed by atoms with E-state index in [2.05, 4.69) is 33.1 Å². The molecule has 0 spiro atoms. The Bertz CT molecular complexity index is 782. The van der Waals surface area contributed by atoms with E-state index in [9.17, 15) is 4.39 Å². The van der Waals surface area contributed by atoms with Gasteiger partial charge in [0.2, 0.25) is 0 Å². The van der Waals surface area contributed by atoms with Gasteiger partial charge in [-0.25, -0.2) is 14.4 Å². The van der Waals surface area contributed by atoms with Gasteiger partial charge in [0.05, 0.1) is 6.54 Å². The van der Waals surface area contributed by atoms with Crippen LogP contribution in [0, 0.1) is 5.82 Å². The van der Waals surface area contributed by atoms with Gasteiger partial charge in [-0.2, -0.15) is 0 Å². The van der Waals surface area contributed by atoms with E-state index in [1.807, 2.05) is 43.4 Å². The quantitative estimate of drug-likeness (QED) is 0.634. The third-order valence-electron chi connectivity index (χ3n) is 4.79. The zero-order chi connectivity index (χ0) is 19.9. The summed E-state index contributed by atoms with van der Waals surface area (Å²) >= 11 is 0. The van der Waals surface area contributed by atoms with Crippen molar-refractivity contribution in [3.05, 3.63) is 54.0 Å². The van der Waals surface area contributed by atoms with Crippen LogP contribution >= 0.6 is 0 Å². The van der Waals surface area contributed by atoms with Gasteiger partial charge in [0.25, 0.3) is 0 Å². The lowest BCUT2D eigenvalue weighted by Gasteiger charge is -2.37. The Morgan fingerprint density at radius 2 is 1.86 bits per heavy atom. The zero-order valence-electron chi connectivity index (χ0n) is 16.9. The van der Waals surface area contributed by atoms with Crippen LogP contribution in [0.2, 0.25) is 0 Å². The van der Waals surface area contributed by atoms with Crippen LogP contribution in [0.15, 0.2) is 47.6 Å². The second-order valence-electron chi connectivity index (χ2n) is 7.04. The average molecular weight is 385 g/mol. The molecule has 0 unspecified atom stereocenters. The van der Waals surface area contributed by atoms with E-state index in [1.54, 1.807) is 0 Å². The first-order valence-electron chi connectivity index (χ1n) is 9.73. The molecule has 0 amide bonds. The van der Waals surface area contributed by atoms with E-state index in [0.717, 1.165) is 55.8 Å². The number of aromatic nitrogens is 1. The SMILES string of the molecule is CCNC(=NCc1ccnc(N(C)C)c1)N1CCN(c2ccc(F)cc2)CC1. The topological polar surface area (TPSA) is 47.0 Å². The molecule has 1 N–H and O–H groups in total. The fourth-order valence-electron chi connectivity index (χ4n) is 3.22. The van der Waals surface area contributed by atoms with Crippen molar-refractivity contribution in [1.82, 2.24) is 15.2 Å². The van der Waals surface area contributed by atoms with E-state index in [0.29, 0.717) is 6.54 Å². The third kappa shape index (κ3) is 5.12. The molecule has 150 valence electrons. The summed E-state index contributed by atoms with van der Waals surface area (Å²) in [6.07, 6.45) is 1.83. The summed E-state index contributed by atoms with van der Waals surface area (Å²) in [5, 5.41) is 3.40. The number of guanidine groups is 1. The number of rotatable bonds is 5. The number of hydrogen-bond acceptors (Lipinski definition) is 4. The maximum Gasteiger partial charge on any atom is 0.194 e. The monoisotopic (exact) mass is 384 g/mol. The van der Waals surface area contributed by atoms with Crippen molar-refractivity contribution < 1.29 is 4.39 Å². The minimum Gasteiger partial charge on any atom is -0.368 e. The van der Waals surface area contributed by atoms with Crippen molar-refractivity contribution in [3.8, 4) is 0 Å². The van der Waals surface area contributed by atoms with Crippen LogP contribution in [0.25, 0.3) is 0 Å². The summed E-state index contributed by atoms with van der Waals surface area (Å²) in [4.78, 5) is 15.8. The Morgan fingerprint density at radius 1 is 1.14 bits per heavy atom. The fraction of sp³-hybridized carbons (Fsp3) is 0.429. The molecular weight excluding hydrogens is 355 g/mol. The van der Waals surface area contributed by atoms with E-state index < -0.39 is 0 Å². The summed E-state index contributed by atoms with van der Waals surface area (Å²) in [7, 11) is 3.97. The van der Waals surface area contributed by atoms with Crippen LogP contribution in [0.3, 0.4) is 0 Å². The molecule has 1 aliphatic rings. The molecule has 0 bridgehead atoms. The summed E-state index contributed by atoms with van der Waals surface area (Å²) in [5.74, 6) is 1.67. The van der Waals surface area contributed by atoms with Crippen molar-refractivity contribution >= 4 is 17.5 Å². The molecule has 0 aliphatic carbocycles. The number of benzene rings is 1. The Morgan fingerprint density at radius 3 is 2.50 bits per heavy atom. The van der Waals surface area contributed by atoms with Gasteiger partial charge in [-0.3, -0.25) is 0 Å². The van der Waals surface area contributed by atoms with E-state index in [4.69, 9.17) is 4.99 Å². The fourth-order valence-corrected chi connectivity index (χ4v) is 3.22. The van der Waals surface area contributed by atoms with Gasteiger partial charge < -0.3 is 20.0 Å². The first-order chi connectivity index (χ1) is 13.6. The Kier molecular flexibility index (Phi) is 6.68. The highest BCUT2D eigenvalue weighted by Crippen LogP contribution is 2.17. The number of hydrogen-bond donors (Lipinski definition) is 1. The van der Waals surface area contributed by atoms with Gasteiger partial charge in [0.15, 0.2) is 5.96 Å². The predicted octanol–water partition coefficient (Wildman–Crippen LogP) is 2.57. The molecule has 28 heavy (non-hydrogen) atoms. The molecule has 0 atom stereocenters. The van der Waals surface area contributed by atoms with Gasteiger partial charge in [0.1, 0.15) is 11.6 Å². The highest BCUT2D eigenvalue weighted by molar-refractivity contribution is 5.80. The number of aliphatic imine (C=N–C) groups is 1. The van der Waals surface area contributed by atoms with Crippen LogP contribution in [0.4, 0.5) is 15.9 Å². The van der Waals surface area contributed by atoms with E-state index in [-0.39, 0.29) is 5.82 Å². The lowest BCUT2D eigenvalue weighted by molar-refractivity contribution is 0.372. The zero-order valence-corrected chi connectivity index (χ0v) is 16.9. The predicted molar refractivity (Wildman–Crippen MR) is 114 cm³/mol. The molecule has 0 radical (unpaired) electrons. The summed E-state index contributed by atoms with van der Waals surface area (Å²) in [5.41, 5.74) is 2.20. The van der Waals surface area contributed by atoms with Crippen molar-refractivity contribution in [2.24, 2.45) is 4.99 Å². The number of piperazine rings is 1. The molecule has 6 nitrogen and oxygen atoms in total. The minimum absolute atomic E-state index is 0.197. The second kappa shape index (κ2) is 9.39. The number of halogens is 1. The molecule has 3 rings (SSSR count). The molecule has 2 aromatic rings. The lowest BCUT2D eigenvalue weighted by atomic mass is 10.2. The van der Waals surface area contributed by atoms with E-state index in [1.165, 1.54) is 12.1 Å². The molecule has 1 saturated heterocycles. The second-order valence-corrected chi connectivity index (χ2v) is 7.04. The van der Waals surface area contributed by atoms with Crippen LogP contribution in [0.1, 0.15) is 12.5 Å². The minimum atomic E-state index is -0.197. The van der Waals surface area contributed by atoms with Crippen LogP contribution in [-0.4, -0.2) is 62.7 Å². The van der Waals surface area contributed by atoms with Crippen molar-refractivity contribution in [2.75, 3.05) is 56.6 Å². The van der Waals surface area contributed by atoms with Crippen molar-refractivity contribution in [3.63, 3.8) is 0 Å². The average Bonchev–Trinajstić information content (AvgIpc) is 2.72. The van der Waals surface area contributed by atoms with Gasteiger partial charge in [0, 0.05) is 58.7 Å². The van der Waals surface area contributed by atoms with Gasteiger partial charge in [-0.05, 0) is 48.9 Å². The maximum absolute atomic E-state index is 13.1. The summed E-state index contributed by atoms with van der Waals surface area (Å²) in [6.45, 7) is 7.05. The molecule has 1 aromatic heterocycles. The van der Waals surface area contributed by atoms with Crippen molar-refractivity contribution in [2.45, 2.75) is 13.5 Å². The number of nitrogens with zero attached hydrogens (tertiary/aromatic N) is 5. The molecule has 0 saturated carbocycles. The normalized spacial score (nSPS) is 14.9.